The Morgan fingerprint density at radius 1 is 1.61 bits per heavy atom. The molecule has 0 spiro atoms. The summed E-state index contributed by atoms with van der Waals surface area (Å²) in [7, 11) is -1.55. The molecule has 1 atom stereocenters. The number of halogens is 2. The van der Waals surface area contributed by atoms with Gasteiger partial charge in [0, 0.05) is 19.1 Å². The summed E-state index contributed by atoms with van der Waals surface area (Å²) in [6, 6.07) is 1.74. The van der Waals surface area contributed by atoms with Crippen LogP contribution < -0.4 is 5.32 Å². The lowest BCUT2D eigenvalue weighted by atomic mass is 10.1. The van der Waals surface area contributed by atoms with Crippen molar-refractivity contribution in [1.82, 2.24) is 9.62 Å². The predicted molar refractivity (Wildman–Crippen MR) is 77.9 cm³/mol. The Morgan fingerprint density at radius 3 is 2.89 bits per heavy atom. The Morgan fingerprint density at radius 2 is 2.33 bits per heavy atom. The highest BCUT2D eigenvalue weighted by Crippen LogP contribution is 2.36. The Balaban J connectivity index is 2.25. The lowest BCUT2D eigenvalue weighted by Crippen LogP contribution is -2.46. The van der Waals surface area contributed by atoms with E-state index in [4.69, 9.17) is 11.6 Å². The largest absolute Gasteiger partial charge is 0.316 e. The third kappa shape index (κ3) is 2.91. The molecule has 8 heteroatoms. The molecule has 4 nitrogen and oxygen atoms in total. The van der Waals surface area contributed by atoms with E-state index in [0.29, 0.717) is 26.1 Å². The molecule has 1 saturated heterocycles. The minimum absolute atomic E-state index is 0.229. The minimum Gasteiger partial charge on any atom is -0.316 e. The summed E-state index contributed by atoms with van der Waals surface area (Å²) < 4.78 is 27.4. The monoisotopic (exact) mass is 372 g/mol. The van der Waals surface area contributed by atoms with Gasteiger partial charge in [-0.3, -0.25) is 0 Å². The van der Waals surface area contributed by atoms with Crippen molar-refractivity contribution < 1.29 is 8.42 Å². The van der Waals surface area contributed by atoms with Crippen LogP contribution in [-0.4, -0.2) is 38.9 Å². The molecule has 102 valence electrons. The second-order valence-corrected chi connectivity index (χ2v) is 9.12. The van der Waals surface area contributed by atoms with Crippen LogP contribution >= 0.6 is 38.9 Å². The van der Waals surface area contributed by atoms with E-state index in [1.165, 1.54) is 10.4 Å². The molecular formula is C10H14BrClN2O2S2. The van der Waals surface area contributed by atoms with E-state index in [2.05, 4.69) is 21.2 Å². The van der Waals surface area contributed by atoms with E-state index in [-0.39, 0.29) is 6.04 Å². The zero-order valence-corrected chi connectivity index (χ0v) is 13.8. The van der Waals surface area contributed by atoms with Crippen LogP contribution in [-0.2, 0) is 10.0 Å². The van der Waals surface area contributed by atoms with Gasteiger partial charge >= 0.3 is 0 Å². The maximum atomic E-state index is 12.4. The molecule has 1 fully saturated rings. The van der Waals surface area contributed by atoms with Gasteiger partial charge in [0.1, 0.15) is 4.21 Å². The first-order chi connectivity index (χ1) is 8.45. The standard InChI is InChI=1S/C10H14BrClN2O2S2/c1-13-7-3-2-4-14(6-7)18(15,16)9-5-8(12)10(11)17-9/h5,7,13H,2-4,6H2,1H3. The van der Waals surface area contributed by atoms with Crippen LogP contribution in [0.4, 0.5) is 0 Å². The van der Waals surface area contributed by atoms with Gasteiger partial charge < -0.3 is 5.32 Å². The van der Waals surface area contributed by atoms with Crippen LogP contribution in [0.3, 0.4) is 0 Å². The maximum absolute atomic E-state index is 12.4. The number of rotatable bonds is 3. The van der Waals surface area contributed by atoms with Gasteiger partial charge in [-0.25, -0.2) is 8.42 Å². The number of nitrogens with one attached hydrogen (secondary N) is 1. The van der Waals surface area contributed by atoms with Crippen molar-refractivity contribution in [1.29, 1.82) is 0 Å². The molecule has 2 heterocycles. The first kappa shape index (κ1) is 14.7. The van der Waals surface area contributed by atoms with Crippen molar-refractivity contribution in [3.8, 4) is 0 Å². The van der Waals surface area contributed by atoms with Crippen LogP contribution in [0.2, 0.25) is 5.02 Å². The van der Waals surface area contributed by atoms with E-state index < -0.39 is 10.0 Å². The fourth-order valence-electron chi connectivity index (χ4n) is 1.98. The molecule has 1 aromatic heterocycles. The van der Waals surface area contributed by atoms with E-state index >= 15 is 0 Å². The van der Waals surface area contributed by atoms with E-state index in [0.717, 1.165) is 24.2 Å². The number of piperidine rings is 1. The maximum Gasteiger partial charge on any atom is 0.252 e. The van der Waals surface area contributed by atoms with Crippen LogP contribution in [0, 0.1) is 0 Å². The molecular weight excluding hydrogens is 360 g/mol. The van der Waals surface area contributed by atoms with Gasteiger partial charge in [0.2, 0.25) is 0 Å². The highest BCUT2D eigenvalue weighted by Gasteiger charge is 2.31. The molecule has 1 N–H and O–H groups in total. The number of thiophene rings is 1. The van der Waals surface area contributed by atoms with Crippen molar-refractivity contribution in [3.63, 3.8) is 0 Å². The summed E-state index contributed by atoms with van der Waals surface area (Å²) in [6.07, 6.45) is 1.89. The molecule has 1 unspecified atom stereocenters. The summed E-state index contributed by atoms with van der Waals surface area (Å²) in [5.74, 6) is 0. The first-order valence-corrected chi connectivity index (χ1v) is 9.00. The summed E-state index contributed by atoms with van der Waals surface area (Å²) in [5, 5.41) is 3.58. The first-order valence-electron chi connectivity index (χ1n) is 5.57. The molecule has 2 rings (SSSR count). The number of likely N-dealkylation sites (N-methyl/N-ethyl adjacent to an activating group) is 1. The Labute approximate surface area is 124 Å². The van der Waals surface area contributed by atoms with Crippen molar-refractivity contribution in [2.75, 3.05) is 20.1 Å². The Bertz CT molecular complexity index is 512. The van der Waals surface area contributed by atoms with Crippen molar-refractivity contribution in [3.05, 3.63) is 14.9 Å². The number of hydrogen-bond acceptors (Lipinski definition) is 4. The van der Waals surface area contributed by atoms with Crippen LogP contribution in [0.1, 0.15) is 12.8 Å². The molecule has 18 heavy (non-hydrogen) atoms. The second kappa shape index (κ2) is 5.76. The lowest BCUT2D eigenvalue weighted by Gasteiger charge is -2.31. The lowest BCUT2D eigenvalue weighted by molar-refractivity contribution is 0.293. The fraction of sp³-hybridized carbons (Fsp3) is 0.600. The minimum atomic E-state index is -3.41. The number of nitrogens with zero attached hydrogens (tertiary/aromatic N) is 1. The molecule has 1 aromatic rings. The zero-order valence-electron chi connectivity index (χ0n) is 9.82. The quantitative estimate of drug-likeness (QED) is 0.886. The molecule has 0 saturated carbocycles. The van der Waals surface area contributed by atoms with E-state index in [1.807, 2.05) is 7.05 Å². The summed E-state index contributed by atoms with van der Waals surface area (Å²) in [4.78, 5) is 0. The average molecular weight is 374 g/mol. The van der Waals surface area contributed by atoms with E-state index in [1.54, 1.807) is 0 Å². The molecule has 0 amide bonds. The molecule has 0 bridgehead atoms. The molecule has 0 radical (unpaired) electrons. The molecule has 1 aliphatic rings. The fourth-order valence-corrected chi connectivity index (χ4v) is 6.05. The number of sulfonamides is 1. The van der Waals surface area contributed by atoms with Crippen molar-refractivity contribution in [2.24, 2.45) is 0 Å². The van der Waals surface area contributed by atoms with Gasteiger partial charge in [0.25, 0.3) is 10.0 Å². The highest BCUT2D eigenvalue weighted by atomic mass is 79.9. The number of hydrogen-bond donors (Lipinski definition) is 1. The van der Waals surface area contributed by atoms with Gasteiger partial charge in [0.05, 0.1) is 8.81 Å². The SMILES string of the molecule is CNC1CCCN(S(=O)(=O)c2cc(Cl)c(Br)s2)C1. The van der Waals surface area contributed by atoms with Gasteiger partial charge in [-0.2, -0.15) is 4.31 Å². The third-order valence-corrected chi connectivity index (χ3v) is 7.80. The van der Waals surface area contributed by atoms with Gasteiger partial charge in [-0.15, -0.1) is 11.3 Å². The van der Waals surface area contributed by atoms with Crippen molar-refractivity contribution >= 4 is 48.9 Å². The Kier molecular flexibility index (Phi) is 4.72. The van der Waals surface area contributed by atoms with Gasteiger partial charge in [-0.05, 0) is 41.9 Å². The zero-order chi connectivity index (χ0) is 13.3. The Hall–Kier alpha value is 0.340. The van der Waals surface area contributed by atoms with Crippen LogP contribution in [0.15, 0.2) is 14.1 Å². The molecule has 0 aliphatic carbocycles. The molecule has 1 aliphatic heterocycles. The van der Waals surface area contributed by atoms with Crippen LogP contribution in [0.5, 0.6) is 0 Å². The normalized spacial score (nSPS) is 22.3. The summed E-state index contributed by atoms with van der Waals surface area (Å²) in [5.41, 5.74) is 0. The highest BCUT2D eigenvalue weighted by molar-refractivity contribution is 9.11. The topological polar surface area (TPSA) is 49.4 Å². The van der Waals surface area contributed by atoms with Crippen molar-refractivity contribution in [2.45, 2.75) is 23.1 Å². The van der Waals surface area contributed by atoms with Gasteiger partial charge in [0.15, 0.2) is 0 Å². The predicted octanol–water partition coefficient (Wildman–Crippen LogP) is 2.54. The van der Waals surface area contributed by atoms with Gasteiger partial charge in [-0.1, -0.05) is 11.6 Å². The second-order valence-electron chi connectivity index (χ2n) is 4.18. The summed E-state index contributed by atoms with van der Waals surface area (Å²) >= 11 is 10.3. The smallest absolute Gasteiger partial charge is 0.252 e. The van der Waals surface area contributed by atoms with Crippen LogP contribution in [0.25, 0.3) is 0 Å². The summed E-state index contributed by atoms with van der Waals surface area (Å²) in [6.45, 7) is 1.10. The molecule has 0 aromatic carbocycles. The van der Waals surface area contributed by atoms with E-state index in [9.17, 15) is 8.42 Å². The average Bonchev–Trinajstić information content (AvgIpc) is 2.70. The third-order valence-electron chi connectivity index (χ3n) is 3.01.